The Labute approximate surface area is 316 Å². The SMILES string of the molecule is c1ccc(-c2nc(-c3ccccc3)nc(-c3ccc(-c4ccc5nc(-c6ccccc6)c6oc(-c7cccnc7)c(-c7cccnc7)c6c5c4)cc3)n2)cc1. The second-order valence-electron chi connectivity index (χ2n) is 13.2. The number of nitrogens with zero attached hydrogens (tertiary/aromatic N) is 6. The molecule has 10 aromatic rings. The number of rotatable bonds is 7. The molecular formula is C48H30N6O. The van der Waals surface area contributed by atoms with E-state index < -0.39 is 0 Å². The van der Waals surface area contributed by atoms with Crippen LogP contribution in [0.2, 0.25) is 0 Å². The van der Waals surface area contributed by atoms with Crippen molar-refractivity contribution in [1.82, 2.24) is 29.9 Å². The second-order valence-corrected chi connectivity index (χ2v) is 13.2. The molecule has 258 valence electrons. The van der Waals surface area contributed by atoms with Crippen LogP contribution in [0.25, 0.3) is 101 Å². The van der Waals surface area contributed by atoms with Crippen molar-refractivity contribution >= 4 is 21.9 Å². The number of fused-ring (bicyclic) bond motifs is 3. The highest BCUT2D eigenvalue weighted by Crippen LogP contribution is 2.46. The fourth-order valence-corrected chi connectivity index (χ4v) is 7.07. The van der Waals surface area contributed by atoms with E-state index in [2.05, 4.69) is 70.6 Å². The Balaban J connectivity index is 1.14. The van der Waals surface area contributed by atoms with Gasteiger partial charge in [-0.15, -0.1) is 0 Å². The average molecular weight is 707 g/mol. The van der Waals surface area contributed by atoms with Crippen LogP contribution in [-0.4, -0.2) is 29.9 Å². The van der Waals surface area contributed by atoms with Gasteiger partial charge in [-0.2, -0.15) is 0 Å². The molecule has 5 aromatic carbocycles. The van der Waals surface area contributed by atoms with Gasteiger partial charge in [0.05, 0.1) is 5.52 Å². The summed E-state index contributed by atoms with van der Waals surface area (Å²) in [6, 6.07) is 53.0. The molecule has 0 saturated carbocycles. The molecule has 55 heavy (non-hydrogen) atoms. The maximum Gasteiger partial charge on any atom is 0.164 e. The normalized spacial score (nSPS) is 11.3. The number of hydrogen-bond donors (Lipinski definition) is 0. The lowest BCUT2D eigenvalue weighted by Crippen LogP contribution is -2.00. The van der Waals surface area contributed by atoms with Crippen LogP contribution in [-0.2, 0) is 0 Å². The molecule has 0 unspecified atom stereocenters. The Morgan fingerprint density at radius 3 is 1.44 bits per heavy atom. The topological polar surface area (TPSA) is 90.5 Å². The van der Waals surface area contributed by atoms with Crippen LogP contribution in [0.15, 0.2) is 187 Å². The lowest BCUT2D eigenvalue weighted by Gasteiger charge is -2.11. The Morgan fingerprint density at radius 2 is 0.873 bits per heavy atom. The van der Waals surface area contributed by atoms with Crippen LogP contribution >= 0.6 is 0 Å². The van der Waals surface area contributed by atoms with Gasteiger partial charge in [-0.1, -0.05) is 127 Å². The summed E-state index contributed by atoms with van der Waals surface area (Å²) in [6.07, 6.45) is 7.27. The average Bonchev–Trinajstić information content (AvgIpc) is 3.69. The Morgan fingerprint density at radius 1 is 0.382 bits per heavy atom. The summed E-state index contributed by atoms with van der Waals surface area (Å²) in [4.78, 5) is 28.9. The van der Waals surface area contributed by atoms with Crippen LogP contribution < -0.4 is 0 Å². The summed E-state index contributed by atoms with van der Waals surface area (Å²) in [7, 11) is 0. The van der Waals surface area contributed by atoms with Crippen molar-refractivity contribution in [3.05, 3.63) is 183 Å². The lowest BCUT2D eigenvalue weighted by molar-refractivity contribution is 0.632. The van der Waals surface area contributed by atoms with Crippen molar-refractivity contribution in [2.45, 2.75) is 0 Å². The van der Waals surface area contributed by atoms with Crippen molar-refractivity contribution in [2.24, 2.45) is 0 Å². The molecule has 0 bridgehead atoms. The Hall–Kier alpha value is -7.64. The molecule has 0 aliphatic carbocycles. The number of benzene rings is 5. The highest BCUT2D eigenvalue weighted by molar-refractivity contribution is 6.18. The highest BCUT2D eigenvalue weighted by Gasteiger charge is 2.24. The minimum atomic E-state index is 0.611. The first-order chi connectivity index (χ1) is 27.3. The van der Waals surface area contributed by atoms with Crippen molar-refractivity contribution in [3.63, 3.8) is 0 Å². The first kappa shape index (κ1) is 32.0. The fourth-order valence-electron chi connectivity index (χ4n) is 7.07. The number of pyridine rings is 3. The summed E-state index contributed by atoms with van der Waals surface area (Å²) in [5.41, 5.74) is 11.0. The zero-order valence-corrected chi connectivity index (χ0v) is 29.4. The molecule has 7 heteroatoms. The molecule has 0 saturated heterocycles. The largest absolute Gasteiger partial charge is 0.453 e. The van der Waals surface area contributed by atoms with Gasteiger partial charge in [-0.25, -0.2) is 19.9 Å². The number of aromatic nitrogens is 6. The molecule has 10 rings (SSSR count). The predicted molar refractivity (Wildman–Crippen MR) is 219 cm³/mol. The minimum absolute atomic E-state index is 0.611. The zero-order chi connectivity index (χ0) is 36.6. The summed E-state index contributed by atoms with van der Waals surface area (Å²) < 4.78 is 6.88. The molecule has 0 aliphatic rings. The van der Waals surface area contributed by atoms with E-state index in [4.69, 9.17) is 24.4 Å². The Bertz CT molecular complexity index is 2880. The molecule has 0 fully saturated rings. The second kappa shape index (κ2) is 13.7. The first-order valence-electron chi connectivity index (χ1n) is 18.0. The monoisotopic (exact) mass is 706 g/mol. The Kier molecular flexibility index (Phi) is 8.00. The summed E-state index contributed by atoms with van der Waals surface area (Å²) in [6.45, 7) is 0. The van der Waals surface area contributed by atoms with Crippen LogP contribution in [0.4, 0.5) is 0 Å². The van der Waals surface area contributed by atoms with E-state index in [0.717, 1.165) is 77.8 Å². The molecule has 0 amide bonds. The van der Waals surface area contributed by atoms with Gasteiger partial charge >= 0.3 is 0 Å². The molecular weight excluding hydrogens is 677 g/mol. The van der Waals surface area contributed by atoms with Crippen molar-refractivity contribution in [3.8, 4) is 79.0 Å². The maximum atomic E-state index is 6.88. The molecule has 0 aliphatic heterocycles. The third-order valence-electron chi connectivity index (χ3n) is 9.72. The number of hydrogen-bond acceptors (Lipinski definition) is 7. The van der Waals surface area contributed by atoms with Crippen molar-refractivity contribution in [1.29, 1.82) is 0 Å². The summed E-state index contributed by atoms with van der Waals surface area (Å²) in [5, 5.41) is 1.95. The zero-order valence-electron chi connectivity index (χ0n) is 29.4. The predicted octanol–water partition coefficient (Wildman–Crippen LogP) is 11.6. The van der Waals surface area contributed by atoms with Crippen molar-refractivity contribution in [2.75, 3.05) is 0 Å². The molecule has 0 radical (unpaired) electrons. The standard InChI is InChI=1S/C48H30N6O/c1-4-12-32(13-5-1)43-45-42(41(37-18-10-26-49-29-37)44(55-45)38-19-11-27-50-30-38)39-28-36(24-25-40(39)51-43)31-20-22-35(23-21-31)48-53-46(33-14-6-2-7-15-33)52-47(54-48)34-16-8-3-9-17-34/h1-30H. The van der Waals surface area contributed by atoms with E-state index in [9.17, 15) is 0 Å². The molecule has 5 heterocycles. The van der Waals surface area contributed by atoms with Crippen LogP contribution in [0.5, 0.6) is 0 Å². The summed E-state index contributed by atoms with van der Waals surface area (Å²) >= 11 is 0. The smallest absolute Gasteiger partial charge is 0.164 e. The highest BCUT2D eigenvalue weighted by atomic mass is 16.3. The van der Waals surface area contributed by atoms with Crippen LogP contribution in [0.3, 0.4) is 0 Å². The molecule has 5 aromatic heterocycles. The fraction of sp³-hybridized carbons (Fsp3) is 0. The maximum absolute atomic E-state index is 6.88. The van der Waals surface area contributed by atoms with Gasteiger partial charge in [0.2, 0.25) is 0 Å². The molecule has 7 nitrogen and oxygen atoms in total. The van der Waals surface area contributed by atoms with Crippen molar-refractivity contribution < 1.29 is 4.42 Å². The summed E-state index contributed by atoms with van der Waals surface area (Å²) in [5.74, 6) is 2.59. The minimum Gasteiger partial charge on any atom is -0.453 e. The van der Waals surface area contributed by atoms with Crippen LogP contribution in [0, 0.1) is 0 Å². The lowest BCUT2D eigenvalue weighted by atomic mass is 9.94. The number of furan rings is 1. The van der Waals surface area contributed by atoms with E-state index in [-0.39, 0.29) is 0 Å². The van der Waals surface area contributed by atoms with Gasteiger partial charge < -0.3 is 4.42 Å². The van der Waals surface area contributed by atoms with Gasteiger partial charge in [0.25, 0.3) is 0 Å². The molecule has 0 atom stereocenters. The van der Waals surface area contributed by atoms with Gasteiger partial charge in [0.1, 0.15) is 11.5 Å². The van der Waals surface area contributed by atoms with Gasteiger partial charge in [-0.3, -0.25) is 9.97 Å². The van der Waals surface area contributed by atoms with E-state index >= 15 is 0 Å². The first-order valence-corrected chi connectivity index (χ1v) is 18.0. The third kappa shape index (κ3) is 5.99. The van der Waals surface area contributed by atoms with Gasteiger partial charge in [-0.05, 0) is 41.5 Å². The van der Waals surface area contributed by atoms with E-state index in [1.807, 2.05) is 109 Å². The van der Waals surface area contributed by atoms with Crippen LogP contribution in [0.1, 0.15) is 0 Å². The molecule has 0 N–H and O–H groups in total. The van der Waals surface area contributed by atoms with E-state index in [1.54, 1.807) is 12.4 Å². The van der Waals surface area contributed by atoms with Gasteiger partial charge in [0.15, 0.2) is 23.1 Å². The molecule has 0 spiro atoms. The van der Waals surface area contributed by atoms with E-state index in [1.165, 1.54) is 0 Å². The third-order valence-corrected chi connectivity index (χ3v) is 9.72. The quantitative estimate of drug-likeness (QED) is 0.163. The van der Waals surface area contributed by atoms with E-state index in [0.29, 0.717) is 23.1 Å². The van der Waals surface area contributed by atoms with Gasteiger partial charge in [0, 0.05) is 74.5 Å².